The summed E-state index contributed by atoms with van der Waals surface area (Å²) in [5, 5.41) is 4.51. The van der Waals surface area contributed by atoms with Crippen molar-refractivity contribution in [2.75, 3.05) is 12.4 Å². The number of methoxy groups -OCH3 is 1. The van der Waals surface area contributed by atoms with E-state index in [4.69, 9.17) is 16.3 Å². The van der Waals surface area contributed by atoms with Crippen LogP contribution in [0, 0.1) is 0 Å². The second-order valence-corrected chi connectivity index (χ2v) is 5.90. The molecule has 0 aliphatic carbocycles. The molecule has 0 atom stereocenters. The van der Waals surface area contributed by atoms with E-state index in [0.29, 0.717) is 5.82 Å². The molecule has 0 amide bonds. The van der Waals surface area contributed by atoms with Crippen molar-refractivity contribution in [1.82, 2.24) is 9.97 Å². The quantitative estimate of drug-likeness (QED) is 0.710. The van der Waals surface area contributed by atoms with Crippen molar-refractivity contribution in [3.8, 4) is 5.75 Å². The average Bonchev–Trinajstić information content (AvgIpc) is 2.91. The van der Waals surface area contributed by atoms with E-state index in [1.165, 1.54) is 4.88 Å². The molecule has 0 bridgehead atoms. The third kappa shape index (κ3) is 2.80. The lowest BCUT2D eigenvalue weighted by Crippen LogP contribution is -1.98. The Balaban J connectivity index is 2.09. The van der Waals surface area contributed by atoms with Gasteiger partial charge in [-0.25, -0.2) is 4.98 Å². The number of nitrogens with zero attached hydrogens (tertiary/aromatic N) is 2. The number of aryl methyl sites for hydroxylation is 1. The van der Waals surface area contributed by atoms with Gasteiger partial charge in [0, 0.05) is 4.88 Å². The Morgan fingerprint density at radius 1 is 1.29 bits per heavy atom. The minimum absolute atomic E-state index is 0.240. The zero-order valence-electron chi connectivity index (χ0n) is 11.7. The lowest BCUT2D eigenvalue weighted by Gasteiger charge is -2.10. The summed E-state index contributed by atoms with van der Waals surface area (Å²) < 4.78 is 5.35. The number of hydrogen-bond donors (Lipinski definition) is 1. The van der Waals surface area contributed by atoms with E-state index >= 15 is 0 Å². The fourth-order valence-electron chi connectivity index (χ4n) is 2.09. The van der Waals surface area contributed by atoms with Gasteiger partial charge >= 0.3 is 0 Å². The van der Waals surface area contributed by atoms with Crippen LogP contribution in [0.1, 0.15) is 11.8 Å². The van der Waals surface area contributed by atoms with Gasteiger partial charge in [-0.05, 0) is 36.2 Å². The number of anilines is 2. The molecule has 0 spiro atoms. The molecule has 21 heavy (non-hydrogen) atoms. The molecule has 1 aromatic carbocycles. The van der Waals surface area contributed by atoms with Crippen LogP contribution in [0.5, 0.6) is 5.75 Å². The zero-order chi connectivity index (χ0) is 14.8. The maximum atomic E-state index is 6.03. The number of nitrogens with one attached hydrogen (secondary N) is 1. The van der Waals surface area contributed by atoms with Gasteiger partial charge in [-0.15, -0.1) is 11.3 Å². The fraction of sp³-hybridized carbons (Fsp3) is 0.200. The molecule has 0 saturated heterocycles. The van der Waals surface area contributed by atoms with Crippen LogP contribution >= 0.6 is 22.9 Å². The smallest absolute Gasteiger partial charge is 0.225 e. The van der Waals surface area contributed by atoms with Crippen molar-refractivity contribution in [3.63, 3.8) is 0 Å². The van der Waals surface area contributed by atoms with Crippen molar-refractivity contribution in [2.45, 2.75) is 13.3 Å². The number of para-hydroxylation sites is 2. The highest BCUT2D eigenvalue weighted by Crippen LogP contribution is 2.34. The number of rotatable bonds is 4. The van der Waals surface area contributed by atoms with E-state index in [0.717, 1.165) is 28.1 Å². The second-order valence-electron chi connectivity index (χ2n) is 4.45. The summed E-state index contributed by atoms with van der Waals surface area (Å²) in [6.45, 7) is 2.12. The molecule has 4 nitrogen and oxygen atoms in total. The summed E-state index contributed by atoms with van der Waals surface area (Å²) in [6, 6.07) is 9.80. The first kappa shape index (κ1) is 14.1. The number of hydrogen-bond acceptors (Lipinski definition) is 5. The van der Waals surface area contributed by atoms with Crippen LogP contribution in [0.3, 0.4) is 0 Å². The number of fused-ring (bicyclic) bond motifs is 1. The van der Waals surface area contributed by atoms with Crippen LogP contribution < -0.4 is 10.1 Å². The summed E-state index contributed by atoms with van der Waals surface area (Å²) >= 11 is 7.67. The highest BCUT2D eigenvalue weighted by molar-refractivity contribution is 7.18. The van der Waals surface area contributed by atoms with Gasteiger partial charge in [-0.2, -0.15) is 4.98 Å². The van der Waals surface area contributed by atoms with Crippen molar-refractivity contribution < 1.29 is 4.74 Å². The molecule has 6 heteroatoms. The summed E-state index contributed by atoms with van der Waals surface area (Å²) in [7, 11) is 1.64. The highest BCUT2D eigenvalue weighted by Gasteiger charge is 2.12. The molecule has 108 valence electrons. The molecular weight excluding hydrogens is 306 g/mol. The minimum Gasteiger partial charge on any atom is -0.495 e. The predicted molar refractivity (Wildman–Crippen MR) is 88.1 cm³/mol. The Kier molecular flexibility index (Phi) is 3.94. The van der Waals surface area contributed by atoms with Gasteiger partial charge in [0.05, 0.1) is 18.2 Å². The Morgan fingerprint density at radius 2 is 2.10 bits per heavy atom. The molecule has 0 aliphatic rings. The Labute approximate surface area is 131 Å². The minimum atomic E-state index is 0.240. The molecule has 3 aromatic rings. The monoisotopic (exact) mass is 319 g/mol. The molecule has 0 fully saturated rings. The van der Waals surface area contributed by atoms with Crippen LogP contribution in [0.15, 0.2) is 30.3 Å². The third-order valence-corrected chi connectivity index (χ3v) is 4.47. The van der Waals surface area contributed by atoms with Crippen LogP contribution in [0.2, 0.25) is 5.28 Å². The highest BCUT2D eigenvalue weighted by atomic mass is 35.5. The van der Waals surface area contributed by atoms with Gasteiger partial charge in [-0.1, -0.05) is 19.1 Å². The van der Waals surface area contributed by atoms with E-state index in [9.17, 15) is 0 Å². The summed E-state index contributed by atoms with van der Waals surface area (Å²) in [6.07, 6.45) is 0.965. The van der Waals surface area contributed by atoms with Crippen molar-refractivity contribution >= 4 is 44.7 Å². The van der Waals surface area contributed by atoms with Gasteiger partial charge in [0.25, 0.3) is 0 Å². The number of benzene rings is 1. The predicted octanol–water partition coefficient (Wildman–Crippen LogP) is 4.66. The molecular formula is C15H14ClN3OS. The number of thiophene rings is 1. The van der Waals surface area contributed by atoms with Crippen molar-refractivity contribution in [3.05, 3.63) is 40.5 Å². The first-order valence-electron chi connectivity index (χ1n) is 6.57. The van der Waals surface area contributed by atoms with E-state index < -0.39 is 0 Å². The lowest BCUT2D eigenvalue weighted by atomic mass is 10.2. The van der Waals surface area contributed by atoms with Crippen LogP contribution in [0.25, 0.3) is 10.2 Å². The molecule has 0 unspecified atom stereocenters. The molecule has 0 saturated carbocycles. The second kappa shape index (κ2) is 5.87. The number of ether oxygens (including phenoxy) is 1. The maximum absolute atomic E-state index is 6.03. The van der Waals surface area contributed by atoms with E-state index in [1.807, 2.05) is 24.3 Å². The summed E-state index contributed by atoms with van der Waals surface area (Å²) in [4.78, 5) is 10.8. The van der Waals surface area contributed by atoms with E-state index in [-0.39, 0.29) is 5.28 Å². The third-order valence-electron chi connectivity index (χ3n) is 3.12. The van der Waals surface area contributed by atoms with Gasteiger partial charge in [0.15, 0.2) is 0 Å². The van der Waals surface area contributed by atoms with Crippen LogP contribution in [0.4, 0.5) is 11.5 Å². The molecule has 2 heterocycles. The molecule has 2 aromatic heterocycles. The Bertz CT molecular complexity index is 788. The van der Waals surface area contributed by atoms with Crippen molar-refractivity contribution in [1.29, 1.82) is 0 Å². The first-order valence-corrected chi connectivity index (χ1v) is 7.76. The van der Waals surface area contributed by atoms with Gasteiger partial charge in [0.2, 0.25) is 5.28 Å². The summed E-state index contributed by atoms with van der Waals surface area (Å²) in [5.74, 6) is 1.46. The zero-order valence-corrected chi connectivity index (χ0v) is 13.3. The standard InChI is InChI=1S/C15H14ClN3OS/c1-3-9-8-10-13(18-15(16)19-14(10)21-9)17-11-6-4-5-7-12(11)20-2/h4-8H,3H2,1-2H3,(H,17,18,19). The van der Waals surface area contributed by atoms with Crippen molar-refractivity contribution in [2.24, 2.45) is 0 Å². The van der Waals surface area contributed by atoms with E-state index in [1.54, 1.807) is 18.4 Å². The first-order chi connectivity index (χ1) is 10.2. The van der Waals surface area contributed by atoms with Gasteiger partial charge in [0.1, 0.15) is 16.4 Å². The molecule has 0 aliphatic heterocycles. The topological polar surface area (TPSA) is 47.0 Å². The maximum Gasteiger partial charge on any atom is 0.225 e. The number of halogens is 1. The van der Waals surface area contributed by atoms with Crippen LogP contribution in [-0.4, -0.2) is 17.1 Å². The Hall–Kier alpha value is -1.85. The lowest BCUT2D eigenvalue weighted by molar-refractivity contribution is 0.417. The van der Waals surface area contributed by atoms with Gasteiger partial charge < -0.3 is 10.1 Å². The normalized spacial score (nSPS) is 10.8. The largest absolute Gasteiger partial charge is 0.495 e. The Morgan fingerprint density at radius 3 is 2.86 bits per heavy atom. The molecule has 0 radical (unpaired) electrons. The fourth-order valence-corrected chi connectivity index (χ4v) is 3.28. The SMILES string of the molecule is CCc1cc2c(Nc3ccccc3OC)nc(Cl)nc2s1. The van der Waals surface area contributed by atoms with E-state index in [2.05, 4.69) is 28.3 Å². The average molecular weight is 320 g/mol. The number of aromatic nitrogens is 2. The molecule has 3 rings (SSSR count). The van der Waals surface area contributed by atoms with Crippen LogP contribution in [-0.2, 0) is 6.42 Å². The van der Waals surface area contributed by atoms with Gasteiger partial charge in [-0.3, -0.25) is 0 Å². The summed E-state index contributed by atoms with van der Waals surface area (Å²) in [5.41, 5.74) is 0.848. The molecule has 1 N–H and O–H groups in total.